The smallest absolute Gasteiger partial charge is 0.209 e. The summed E-state index contributed by atoms with van der Waals surface area (Å²) in [5.74, 6) is 0. The molecule has 4 rings (SSSR count). The maximum Gasteiger partial charge on any atom is 0.209 e. The Labute approximate surface area is 240 Å². The first kappa shape index (κ1) is 28.6. The predicted molar refractivity (Wildman–Crippen MR) is 170 cm³/mol. The lowest BCUT2D eigenvalue weighted by molar-refractivity contribution is -0.438. The summed E-state index contributed by atoms with van der Waals surface area (Å²) >= 11 is 3.89. The molecule has 2 aliphatic heterocycles. The highest BCUT2D eigenvalue weighted by Gasteiger charge is 2.44. The van der Waals surface area contributed by atoms with Gasteiger partial charge >= 0.3 is 0 Å². The molecule has 0 bridgehead atoms. The van der Waals surface area contributed by atoms with E-state index in [9.17, 15) is 0 Å². The summed E-state index contributed by atoms with van der Waals surface area (Å²) in [6.07, 6.45) is 13.9. The van der Waals surface area contributed by atoms with Crippen LogP contribution in [0.1, 0.15) is 89.5 Å². The van der Waals surface area contributed by atoms with Gasteiger partial charge in [-0.25, -0.2) is 0 Å². The SMILES string of the molecule is CCCCN1C(=CC=C(Br)C=CC2=[N+](CCCC)c3ccc(C)cc3C2(C)C)C(C)(C)c2cc(C)ccc21. The van der Waals surface area contributed by atoms with Crippen LogP contribution in [0.5, 0.6) is 0 Å². The summed E-state index contributed by atoms with van der Waals surface area (Å²) in [5, 5.41) is 0. The first-order valence-electron chi connectivity index (χ1n) is 14.4. The zero-order chi connectivity index (χ0) is 27.7. The van der Waals surface area contributed by atoms with Gasteiger partial charge in [-0.3, -0.25) is 0 Å². The van der Waals surface area contributed by atoms with Gasteiger partial charge in [-0.1, -0.05) is 85.8 Å². The molecule has 2 aromatic carbocycles. The highest BCUT2D eigenvalue weighted by atomic mass is 79.9. The fourth-order valence-electron chi connectivity index (χ4n) is 6.07. The van der Waals surface area contributed by atoms with Crippen LogP contribution in [0.3, 0.4) is 0 Å². The zero-order valence-corrected chi connectivity index (χ0v) is 26.4. The third-order valence-corrected chi connectivity index (χ3v) is 8.89. The summed E-state index contributed by atoms with van der Waals surface area (Å²) in [5.41, 5.74) is 10.9. The number of hydrogen-bond acceptors (Lipinski definition) is 1. The molecule has 202 valence electrons. The van der Waals surface area contributed by atoms with Crippen molar-refractivity contribution >= 4 is 33.0 Å². The van der Waals surface area contributed by atoms with Crippen LogP contribution in [-0.4, -0.2) is 23.4 Å². The van der Waals surface area contributed by atoms with Gasteiger partial charge < -0.3 is 4.90 Å². The third kappa shape index (κ3) is 5.37. The van der Waals surface area contributed by atoms with Gasteiger partial charge in [0, 0.05) is 52.0 Å². The number of rotatable bonds is 9. The van der Waals surface area contributed by atoms with Crippen LogP contribution in [0.2, 0.25) is 0 Å². The summed E-state index contributed by atoms with van der Waals surface area (Å²) in [6.45, 7) is 20.5. The Morgan fingerprint density at radius 1 is 0.895 bits per heavy atom. The van der Waals surface area contributed by atoms with E-state index in [0.717, 1.165) is 17.6 Å². The molecule has 2 aromatic rings. The van der Waals surface area contributed by atoms with E-state index < -0.39 is 0 Å². The highest BCUT2D eigenvalue weighted by molar-refractivity contribution is 9.11. The molecular weight excluding hydrogens is 528 g/mol. The van der Waals surface area contributed by atoms with Crippen LogP contribution in [0.25, 0.3) is 0 Å². The number of halogens is 1. The zero-order valence-electron chi connectivity index (χ0n) is 24.8. The van der Waals surface area contributed by atoms with Gasteiger partial charge in [0.25, 0.3) is 0 Å². The van der Waals surface area contributed by atoms with Crippen LogP contribution in [0.15, 0.2) is 70.9 Å². The van der Waals surface area contributed by atoms with Gasteiger partial charge in [-0.2, -0.15) is 4.58 Å². The second-order valence-corrected chi connectivity index (χ2v) is 13.0. The van der Waals surface area contributed by atoms with E-state index in [1.165, 1.54) is 70.7 Å². The maximum atomic E-state index is 3.89. The molecule has 0 amide bonds. The second-order valence-electron chi connectivity index (χ2n) is 12.1. The normalized spacial score (nSPS) is 19.1. The Bertz CT molecular complexity index is 1320. The van der Waals surface area contributed by atoms with Crippen molar-refractivity contribution in [2.24, 2.45) is 0 Å². The van der Waals surface area contributed by atoms with E-state index in [1.54, 1.807) is 0 Å². The number of fused-ring (bicyclic) bond motifs is 2. The number of anilines is 1. The summed E-state index contributed by atoms with van der Waals surface area (Å²) in [4.78, 5) is 2.54. The Balaban J connectivity index is 1.68. The molecule has 0 N–H and O–H groups in total. The minimum Gasteiger partial charge on any atom is -0.344 e. The van der Waals surface area contributed by atoms with Crippen LogP contribution in [0.4, 0.5) is 11.4 Å². The van der Waals surface area contributed by atoms with Crippen molar-refractivity contribution in [1.82, 2.24) is 0 Å². The number of nitrogens with zero attached hydrogens (tertiary/aromatic N) is 2. The summed E-state index contributed by atoms with van der Waals surface area (Å²) in [6, 6.07) is 13.9. The van der Waals surface area contributed by atoms with Crippen LogP contribution >= 0.6 is 15.9 Å². The molecule has 0 saturated heterocycles. The lowest BCUT2D eigenvalue weighted by Gasteiger charge is -2.27. The Morgan fingerprint density at radius 2 is 1.55 bits per heavy atom. The van der Waals surface area contributed by atoms with Crippen LogP contribution in [-0.2, 0) is 10.8 Å². The van der Waals surface area contributed by atoms with E-state index in [-0.39, 0.29) is 10.8 Å². The van der Waals surface area contributed by atoms with Crippen molar-refractivity contribution in [2.75, 3.05) is 18.0 Å². The largest absolute Gasteiger partial charge is 0.344 e. The van der Waals surface area contributed by atoms with Gasteiger partial charge in [0.2, 0.25) is 5.69 Å². The number of unbranched alkanes of at least 4 members (excludes halogenated alkanes) is 2. The summed E-state index contributed by atoms with van der Waals surface area (Å²) < 4.78 is 3.63. The standard InChI is InChI=1S/C35H46BrN2/c1-9-11-21-37-30-17-13-25(3)23-28(30)34(5,6)32(37)19-15-27(36)16-20-33-35(7,8)29-24-26(4)14-18-31(29)38(33)22-12-10-2/h13-20,23-24H,9-12,21-22H2,1-8H3/q+1. The van der Waals surface area contributed by atoms with Crippen LogP contribution in [0, 0.1) is 13.8 Å². The maximum absolute atomic E-state index is 3.89. The molecule has 38 heavy (non-hydrogen) atoms. The molecule has 0 aliphatic carbocycles. The topological polar surface area (TPSA) is 6.25 Å². The van der Waals surface area contributed by atoms with Crippen molar-refractivity contribution < 1.29 is 4.58 Å². The van der Waals surface area contributed by atoms with Gasteiger partial charge in [0.1, 0.15) is 6.54 Å². The lowest BCUT2D eigenvalue weighted by atomic mass is 9.81. The van der Waals surface area contributed by atoms with E-state index in [4.69, 9.17) is 0 Å². The van der Waals surface area contributed by atoms with E-state index in [1.807, 2.05) is 0 Å². The molecule has 3 heteroatoms. The molecular formula is C35H46BrN2+. The van der Waals surface area contributed by atoms with Gasteiger partial charge in [0.05, 0.1) is 5.41 Å². The van der Waals surface area contributed by atoms with Crippen LogP contribution < -0.4 is 4.90 Å². The lowest BCUT2D eigenvalue weighted by Crippen LogP contribution is -2.28. The first-order chi connectivity index (χ1) is 18.0. The number of aryl methyl sites for hydroxylation is 2. The highest BCUT2D eigenvalue weighted by Crippen LogP contribution is 2.48. The Hall–Kier alpha value is -2.39. The minimum absolute atomic E-state index is 0.0265. The Morgan fingerprint density at radius 3 is 2.24 bits per heavy atom. The van der Waals surface area contributed by atoms with E-state index >= 15 is 0 Å². The second kappa shape index (κ2) is 11.4. The van der Waals surface area contributed by atoms with Crippen molar-refractivity contribution in [3.8, 4) is 0 Å². The fourth-order valence-corrected chi connectivity index (χ4v) is 6.33. The van der Waals surface area contributed by atoms with Crippen molar-refractivity contribution in [2.45, 2.75) is 91.9 Å². The monoisotopic (exact) mass is 573 g/mol. The molecule has 0 atom stereocenters. The molecule has 2 heterocycles. The molecule has 0 saturated carbocycles. The molecule has 0 fully saturated rings. The number of benzene rings is 2. The van der Waals surface area contributed by atoms with Gasteiger partial charge in [0.15, 0.2) is 5.71 Å². The molecule has 2 nitrogen and oxygen atoms in total. The minimum atomic E-state index is -0.0265. The van der Waals surface area contributed by atoms with Gasteiger partial charge in [-0.15, -0.1) is 0 Å². The van der Waals surface area contributed by atoms with Crippen molar-refractivity contribution in [3.63, 3.8) is 0 Å². The van der Waals surface area contributed by atoms with Gasteiger partial charge in [-0.05, 0) is 70.0 Å². The van der Waals surface area contributed by atoms with Crippen molar-refractivity contribution in [1.29, 1.82) is 0 Å². The molecule has 0 spiro atoms. The van der Waals surface area contributed by atoms with E-state index in [0.29, 0.717) is 0 Å². The predicted octanol–water partition coefficient (Wildman–Crippen LogP) is 9.80. The van der Waals surface area contributed by atoms with Crippen molar-refractivity contribution in [3.05, 3.63) is 93.1 Å². The number of allylic oxidation sites excluding steroid dienone is 6. The summed E-state index contributed by atoms with van der Waals surface area (Å²) in [7, 11) is 0. The molecule has 0 unspecified atom stereocenters. The molecule has 2 aliphatic rings. The quantitative estimate of drug-likeness (QED) is 0.213. The molecule has 0 radical (unpaired) electrons. The average molecular weight is 575 g/mol. The molecule has 0 aromatic heterocycles. The fraction of sp³-hybridized carbons (Fsp3) is 0.457. The average Bonchev–Trinajstić information content (AvgIpc) is 3.21. The number of hydrogen-bond donors (Lipinski definition) is 0. The third-order valence-electron chi connectivity index (χ3n) is 8.37. The van der Waals surface area contributed by atoms with E-state index in [2.05, 4.69) is 141 Å². The first-order valence-corrected chi connectivity index (χ1v) is 15.2. The Kier molecular flexibility index (Phi) is 8.57.